The Kier molecular flexibility index (Phi) is 4.38. The number of hydrogen-bond acceptors (Lipinski definition) is 1. The van der Waals surface area contributed by atoms with Crippen molar-refractivity contribution in [3.63, 3.8) is 0 Å². The molecule has 1 unspecified atom stereocenters. The van der Waals surface area contributed by atoms with Crippen molar-refractivity contribution < 1.29 is 9.50 Å². The first kappa shape index (κ1) is 14.2. The molecule has 0 aliphatic carbocycles. The average Bonchev–Trinajstić information content (AvgIpc) is 2.31. The molecule has 0 aliphatic rings. The molecule has 2 rings (SSSR count). The largest absolute Gasteiger partial charge is 0.389 e. The van der Waals surface area contributed by atoms with Gasteiger partial charge in [-0.2, -0.15) is 0 Å². The fourth-order valence-corrected chi connectivity index (χ4v) is 2.64. The van der Waals surface area contributed by atoms with E-state index in [2.05, 4.69) is 15.9 Å². The Balaban J connectivity index is 2.07. The van der Waals surface area contributed by atoms with Crippen LogP contribution in [0.25, 0.3) is 0 Å². The molecule has 0 spiro atoms. The Labute approximate surface area is 121 Å². The van der Waals surface area contributed by atoms with Crippen LogP contribution in [0.15, 0.2) is 53.0 Å². The van der Waals surface area contributed by atoms with Gasteiger partial charge in [-0.1, -0.05) is 40.2 Å². The van der Waals surface area contributed by atoms with Crippen molar-refractivity contribution in [2.75, 3.05) is 0 Å². The van der Waals surface area contributed by atoms with Crippen molar-refractivity contribution in [2.45, 2.75) is 25.4 Å². The van der Waals surface area contributed by atoms with Crippen molar-refractivity contribution in [3.8, 4) is 0 Å². The van der Waals surface area contributed by atoms with E-state index < -0.39 is 5.60 Å². The summed E-state index contributed by atoms with van der Waals surface area (Å²) in [5.74, 6) is -0.254. The molecular formula is C16H16BrFO. The summed E-state index contributed by atoms with van der Waals surface area (Å²) in [5, 5.41) is 10.5. The second-order valence-electron chi connectivity index (χ2n) is 5.11. The lowest BCUT2D eigenvalue weighted by molar-refractivity contribution is 0.0608. The van der Waals surface area contributed by atoms with E-state index in [0.717, 1.165) is 15.6 Å². The Bertz CT molecular complexity index is 549. The van der Waals surface area contributed by atoms with Crippen LogP contribution in [0, 0.1) is 5.82 Å². The molecule has 19 heavy (non-hydrogen) atoms. The van der Waals surface area contributed by atoms with E-state index in [1.165, 1.54) is 12.1 Å². The Morgan fingerprint density at radius 2 is 1.68 bits per heavy atom. The molecular weight excluding hydrogens is 307 g/mol. The maximum absolute atomic E-state index is 12.8. The van der Waals surface area contributed by atoms with Crippen LogP contribution < -0.4 is 0 Å². The predicted molar refractivity (Wildman–Crippen MR) is 78.6 cm³/mol. The summed E-state index contributed by atoms with van der Waals surface area (Å²) < 4.78 is 13.8. The van der Waals surface area contributed by atoms with E-state index in [-0.39, 0.29) is 5.82 Å². The first-order valence-electron chi connectivity index (χ1n) is 6.16. The standard InChI is InChI=1S/C16H16BrFO/c1-16(19,10-12-5-7-15(18)8-6-12)11-13-3-2-4-14(17)9-13/h2-9,19H,10-11H2,1H3. The minimum Gasteiger partial charge on any atom is -0.389 e. The topological polar surface area (TPSA) is 20.2 Å². The van der Waals surface area contributed by atoms with Crippen molar-refractivity contribution >= 4 is 15.9 Å². The molecule has 1 N–H and O–H groups in total. The second kappa shape index (κ2) is 5.85. The Morgan fingerprint density at radius 1 is 1.05 bits per heavy atom. The smallest absolute Gasteiger partial charge is 0.123 e. The van der Waals surface area contributed by atoms with Crippen LogP contribution in [0.3, 0.4) is 0 Å². The van der Waals surface area contributed by atoms with Crippen molar-refractivity contribution in [2.24, 2.45) is 0 Å². The van der Waals surface area contributed by atoms with Crippen molar-refractivity contribution in [1.82, 2.24) is 0 Å². The molecule has 0 amide bonds. The zero-order valence-corrected chi connectivity index (χ0v) is 12.3. The van der Waals surface area contributed by atoms with Gasteiger partial charge < -0.3 is 5.11 Å². The van der Waals surface area contributed by atoms with Crippen LogP contribution in [-0.2, 0) is 12.8 Å². The summed E-state index contributed by atoms with van der Waals surface area (Å²) in [5.41, 5.74) is 1.15. The minimum absolute atomic E-state index is 0.254. The molecule has 1 atom stereocenters. The number of hydrogen-bond donors (Lipinski definition) is 1. The van der Waals surface area contributed by atoms with E-state index in [9.17, 15) is 9.50 Å². The van der Waals surface area contributed by atoms with Gasteiger partial charge in [0.05, 0.1) is 5.60 Å². The summed E-state index contributed by atoms with van der Waals surface area (Å²) in [4.78, 5) is 0. The first-order valence-corrected chi connectivity index (χ1v) is 6.95. The molecule has 100 valence electrons. The van der Waals surface area contributed by atoms with E-state index in [4.69, 9.17) is 0 Å². The van der Waals surface area contributed by atoms with Crippen LogP contribution >= 0.6 is 15.9 Å². The van der Waals surface area contributed by atoms with E-state index in [1.54, 1.807) is 19.1 Å². The van der Waals surface area contributed by atoms with Crippen molar-refractivity contribution in [1.29, 1.82) is 0 Å². The first-order chi connectivity index (χ1) is 8.94. The SMILES string of the molecule is CC(O)(Cc1ccc(F)cc1)Cc1cccc(Br)c1. The lowest BCUT2D eigenvalue weighted by Crippen LogP contribution is -2.30. The highest BCUT2D eigenvalue weighted by Crippen LogP contribution is 2.21. The number of aliphatic hydroxyl groups is 1. The molecule has 0 saturated carbocycles. The van der Waals surface area contributed by atoms with Gasteiger partial charge >= 0.3 is 0 Å². The molecule has 0 aliphatic heterocycles. The summed E-state index contributed by atoms with van der Waals surface area (Å²) in [6, 6.07) is 14.2. The molecule has 0 saturated heterocycles. The Morgan fingerprint density at radius 3 is 2.32 bits per heavy atom. The van der Waals surface area contributed by atoms with Gasteiger partial charge in [-0.25, -0.2) is 4.39 Å². The zero-order valence-electron chi connectivity index (χ0n) is 10.7. The second-order valence-corrected chi connectivity index (χ2v) is 6.02. The molecule has 2 aromatic rings. The lowest BCUT2D eigenvalue weighted by atomic mass is 9.90. The molecule has 1 nitrogen and oxygen atoms in total. The maximum Gasteiger partial charge on any atom is 0.123 e. The van der Waals surface area contributed by atoms with Gasteiger partial charge in [0.25, 0.3) is 0 Å². The van der Waals surface area contributed by atoms with Crippen LogP contribution in [0.2, 0.25) is 0 Å². The number of benzene rings is 2. The molecule has 0 aromatic heterocycles. The fourth-order valence-electron chi connectivity index (χ4n) is 2.19. The van der Waals surface area contributed by atoms with E-state index in [0.29, 0.717) is 12.8 Å². The lowest BCUT2D eigenvalue weighted by Gasteiger charge is -2.23. The molecule has 0 fully saturated rings. The quantitative estimate of drug-likeness (QED) is 0.897. The third-order valence-electron chi connectivity index (χ3n) is 2.97. The van der Waals surface area contributed by atoms with Crippen LogP contribution in [0.1, 0.15) is 18.1 Å². The third kappa shape index (κ3) is 4.44. The van der Waals surface area contributed by atoms with Gasteiger partial charge in [0.2, 0.25) is 0 Å². The monoisotopic (exact) mass is 322 g/mol. The van der Waals surface area contributed by atoms with Gasteiger partial charge in [0, 0.05) is 17.3 Å². The highest BCUT2D eigenvalue weighted by atomic mass is 79.9. The van der Waals surface area contributed by atoms with Gasteiger partial charge in [-0.05, 0) is 42.3 Å². The maximum atomic E-state index is 12.8. The van der Waals surface area contributed by atoms with Crippen LogP contribution in [0.5, 0.6) is 0 Å². The molecule has 0 heterocycles. The van der Waals surface area contributed by atoms with E-state index in [1.807, 2.05) is 24.3 Å². The van der Waals surface area contributed by atoms with E-state index >= 15 is 0 Å². The highest BCUT2D eigenvalue weighted by Gasteiger charge is 2.21. The summed E-state index contributed by atoms with van der Waals surface area (Å²) >= 11 is 3.42. The molecule has 0 radical (unpaired) electrons. The molecule has 0 bridgehead atoms. The fraction of sp³-hybridized carbons (Fsp3) is 0.250. The van der Waals surface area contributed by atoms with Gasteiger partial charge in [-0.3, -0.25) is 0 Å². The number of rotatable bonds is 4. The number of halogens is 2. The van der Waals surface area contributed by atoms with Gasteiger partial charge in [-0.15, -0.1) is 0 Å². The minimum atomic E-state index is -0.849. The van der Waals surface area contributed by atoms with Crippen molar-refractivity contribution in [3.05, 3.63) is 69.9 Å². The average molecular weight is 323 g/mol. The predicted octanol–water partition coefficient (Wildman–Crippen LogP) is 4.12. The van der Waals surface area contributed by atoms with Crippen LogP contribution in [0.4, 0.5) is 4.39 Å². The summed E-state index contributed by atoms with van der Waals surface area (Å²) in [7, 11) is 0. The highest BCUT2D eigenvalue weighted by molar-refractivity contribution is 9.10. The normalized spacial score (nSPS) is 14.1. The van der Waals surface area contributed by atoms with Gasteiger partial charge in [0.15, 0.2) is 0 Å². The van der Waals surface area contributed by atoms with Crippen LogP contribution in [-0.4, -0.2) is 10.7 Å². The zero-order chi connectivity index (χ0) is 13.9. The Hall–Kier alpha value is -1.19. The summed E-state index contributed by atoms with van der Waals surface area (Å²) in [6.45, 7) is 1.80. The van der Waals surface area contributed by atoms with Gasteiger partial charge in [0.1, 0.15) is 5.82 Å². The molecule has 2 aromatic carbocycles. The third-order valence-corrected chi connectivity index (χ3v) is 3.47. The summed E-state index contributed by atoms with van der Waals surface area (Å²) in [6.07, 6.45) is 1.06. The molecule has 3 heteroatoms.